The van der Waals surface area contributed by atoms with Crippen molar-refractivity contribution in [3.63, 3.8) is 0 Å². The second-order valence-corrected chi connectivity index (χ2v) is 9.85. The highest BCUT2D eigenvalue weighted by molar-refractivity contribution is 7.90. The Morgan fingerprint density at radius 3 is 2.23 bits per heavy atom. The molecular formula is C24H20ClF3N4O2S. The van der Waals surface area contributed by atoms with Crippen molar-refractivity contribution in [1.29, 1.82) is 0 Å². The van der Waals surface area contributed by atoms with E-state index in [1.165, 1.54) is 5.01 Å². The SMILES string of the molecule is N/C(=N\S(=O)(=O)c1ccc(C(F)(F)F)cc1)N1CCC(c2ccccc2)C(c2ccc(Cl)cc2)=N1. The molecule has 6 nitrogen and oxygen atoms in total. The Kier molecular flexibility index (Phi) is 6.86. The van der Waals surface area contributed by atoms with E-state index in [2.05, 4.69) is 9.50 Å². The number of guanidine groups is 1. The van der Waals surface area contributed by atoms with E-state index in [0.717, 1.165) is 23.3 Å². The summed E-state index contributed by atoms with van der Waals surface area (Å²) in [6.45, 7) is 0.286. The van der Waals surface area contributed by atoms with Crippen LogP contribution in [0.15, 0.2) is 93.3 Å². The van der Waals surface area contributed by atoms with Gasteiger partial charge in [0.1, 0.15) is 0 Å². The fourth-order valence-electron chi connectivity index (χ4n) is 3.73. The molecule has 2 N–H and O–H groups in total. The van der Waals surface area contributed by atoms with E-state index in [1.807, 2.05) is 42.5 Å². The van der Waals surface area contributed by atoms with Crippen molar-refractivity contribution in [3.05, 3.63) is 101 Å². The summed E-state index contributed by atoms with van der Waals surface area (Å²) in [6.07, 6.45) is -4.01. The number of nitrogens with two attached hydrogens (primary N) is 1. The summed E-state index contributed by atoms with van der Waals surface area (Å²) in [5, 5.41) is 6.44. The van der Waals surface area contributed by atoms with Crippen molar-refractivity contribution in [2.24, 2.45) is 15.2 Å². The molecule has 35 heavy (non-hydrogen) atoms. The number of hydrogen-bond donors (Lipinski definition) is 1. The number of alkyl halides is 3. The molecule has 0 saturated heterocycles. The minimum Gasteiger partial charge on any atom is -0.367 e. The van der Waals surface area contributed by atoms with Crippen LogP contribution in [0.2, 0.25) is 5.02 Å². The number of hydrogen-bond acceptors (Lipinski definition) is 3. The molecule has 1 aliphatic rings. The second-order valence-electron chi connectivity index (χ2n) is 7.81. The summed E-state index contributed by atoms with van der Waals surface area (Å²) in [4.78, 5) is -0.408. The van der Waals surface area contributed by atoms with Crippen LogP contribution in [0.25, 0.3) is 0 Å². The van der Waals surface area contributed by atoms with Crippen LogP contribution in [0.4, 0.5) is 13.2 Å². The van der Waals surface area contributed by atoms with Crippen LogP contribution in [-0.4, -0.2) is 31.6 Å². The molecule has 1 heterocycles. The van der Waals surface area contributed by atoms with Crippen LogP contribution in [-0.2, 0) is 16.2 Å². The monoisotopic (exact) mass is 520 g/mol. The van der Waals surface area contributed by atoms with Crippen LogP contribution >= 0.6 is 11.6 Å². The zero-order chi connectivity index (χ0) is 25.2. The van der Waals surface area contributed by atoms with Crippen molar-refractivity contribution < 1.29 is 21.6 Å². The second kappa shape index (κ2) is 9.71. The molecule has 0 fully saturated rings. The van der Waals surface area contributed by atoms with Crippen molar-refractivity contribution in [2.45, 2.75) is 23.4 Å². The number of hydrazone groups is 1. The van der Waals surface area contributed by atoms with E-state index in [-0.39, 0.29) is 18.4 Å². The molecule has 0 aromatic heterocycles. The summed E-state index contributed by atoms with van der Waals surface area (Å²) < 4.78 is 67.4. The van der Waals surface area contributed by atoms with Crippen molar-refractivity contribution in [1.82, 2.24) is 5.01 Å². The molecular weight excluding hydrogens is 501 g/mol. The minimum absolute atomic E-state index is 0.0760. The molecule has 0 spiro atoms. The lowest BCUT2D eigenvalue weighted by Gasteiger charge is -2.30. The minimum atomic E-state index is -4.58. The Bertz CT molecular complexity index is 1360. The van der Waals surface area contributed by atoms with Crippen LogP contribution in [0.1, 0.15) is 29.0 Å². The van der Waals surface area contributed by atoms with E-state index in [0.29, 0.717) is 29.3 Å². The van der Waals surface area contributed by atoms with Crippen molar-refractivity contribution >= 4 is 33.3 Å². The predicted molar refractivity (Wildman–Crippen MR) is 129 cm³/mol. The predicted octanol–water partition coefficient (Wildman–Crippen LogP) is 5.26. The summed E-state index contributed by atoms with van der Waals surface area (Å²) in [5.74, 6) is -0.462. The van der Waals surface area contributed by atoms with E-state index < -0.39 is 26.7 Å². The molecule has 182 valence electrons. The molecule has 0 aliphatic carbocycles. The van der Waals surface area contributed by atoms with E-state index in [1.54, 1.807) is 12.1 Å². The number of rotatable bonds is 4. The number of sulfonamides is 1. The molecule has 0 radical (unpaired) electrons. The van der Waals surface area contributed by atoms with Gasteiger partial charge in [0.15, 0.2) is 0 Å². The Morgan fingerprint density at radius 2 is 1.63 bits per heavy atom. The topological polar surface area (TPSA) is 88.1 Å². The van der Waals surface area contributed by atoms with E-state index >= 15 is 0 Å². The van der Waals surface area contributed by atoms with Gasteiger partial charge in [-0.3, -0.25) is 0 Å². The van der Waals surface area contributed by atoms with Gasteiger partial charge in [0.05, 0.1) is 16.2 Å². The first-order valence-electron chi connectivity index (χ1n) is 10.5. The van der Waals surface area contributed by atoms with Crippen LogP contribution < -0.4 is 5.73 Å². The first-order chi connectivity index (χ1) is 16.5. The van der Waals surface area contributed by atoms with Gasteiger partial charge in [-0.05, 0) is 53.9 Å². The summed E-state index contributed by atoms with van der Waals surface area (Å²) in [7, 11) is -4.36. The molecule has 4 rings (SSSR count). The average Bonchev–Trinajstić information content (AvgIpc) is 2.84. The zero-order valence-electron chi connectivity index (χ0n) is 18.2. The molecule has 0 amide bonds. The number of halogens is 4. The van der Waals surface area contributed by atoms with Crippen LogP contribution in [0.3, 0.4) is 0 Å². The van der Waals surface area contributed by atoms with E-state index in [4.69, 9.17) is 17.3 Å². The third-order valence-electron chi connectivity index (χ3n) is 5.49. The lowest BCUT2D eigenvalue weighted by Crippen LogP contribution is -2.40. The third kappa shape index (κ3) is 5.66. The van der Waals surface area contributed by atoms with Gasteiger partial charge in [-0.25, -0.2) is 5.01 Å². The first kappa shape index (κ1) is 24.7. The quantitative estimate of drug-likeness (QED) is 0.375. The van der Waals surface area contributed by atoms with Gasteiger partial charge in [-0.1, -0.05) is 54.1 Å². The molecule has 1 atom stereocenters. The highest BCUT2D eigenvalue weighted by atomic mass is 35.5. The standard InChI is InChI=1S/C24H20ClF3N4O2S/c25-19-10-6-17(7-11-19)22-21(16-4-2-1-3-5-16)14-15-32(30-22)23(29)31-35(33,34)20-12-8-18(9-13-20)24(26,27)28/h1-13,21H,14-15H2,(H2,29,31). The summed E-state index contributed by atoms with van der Waals surface area (Å²) in [5.41, 5.74) is 7.52. The molecule has 1 aliphatic heterocycles. The van der Waals surface area contributed by atoms with Crippen molar-refractivity contribution in [2.75, 3.05) is 6.54 Å². The highest BCUT2D eigenvalue weighted by Gasteiger charge is 2.31. The molecule has 0 bridgehead atoms. The summed E-state index contributed by atoms with van der Waals surface area (Å²) in [6, 6.07) is 19.9. The van der Waals surface area contributed by atoms with Gasteiger partial charge in [0, 0.05) is 17.5 Å². The lowest BCUT2D eigenvalue weighted by atomic mass is 9.86. The molecule has 3 aromatic carbocycles. The maximum absolute atomic E-state index is 12.8. The summed E-state index contributed by atoms with van der Waals surface area (Å²) >= 11 is 6.03. The Balaban J connectivity index is 1.68. The maximum atomic E-state index is 12.8. The zero-order valence-corrected chi connectivity index (χ0v) is 19.7. The van der Waals surface area contributed by atoms with Gasteiger partial charge >= 0.3 is 6.18 Å². The van der Waals surface area contributed by atoms with Gasteiger partial charge in [0.2, 0.25) is 5.96 Å². The number of benzene rings is 3. The number of nitrogens with zero attached hydrogens (tertiary/aromatic N) is 3. The molecule has 1 unspecified atom stereocenters. The van der Waals surface area contributed by atoms with Crippen molar-refractivity contribution in [3.8, 4) is 0 Å². The lowest BCUT2D eigenvalue weighted by molar-refractivity contribution is -0.137. The van der Waals surface area contributed by atoms with E-state index in [9.17, 15) is 21.6 Å². The smallest absolute Gasteiger partial charge is 0.367 e. The normalized spacial score (nSPS) is 17.3. The largest absolute Gasteiger partial charge is 0.416 e. The van der Waals surface area contributed by atoms with Crippen LogP contribution in [0.5, 0.6) is 0 Å². The van der Waals surface area contributed by atoms with Crippen LogP contribution in [0, 0.1) is 0 Å². The van der Waals surface area contributed by atoms with Gasteiger partial charge in [0.25, 0.3) is 10.0 Å². The third-order valence-corrected chi connectivity index (χ3v) is 7.03. The Hall–Kier alpha value is -3.37. The fraction of sp³-hybridized carbons (Fsp3) is 0.167. The Labute approximate surface area is 205 Å². The average molecular weight is 521 g/mol. The first-order valence-corrected chi connectivity index (χ1v) is 12.3. The van der Waals surface area contributed by atoms with Gasteiger partial charge in [-0.2, -0.15) is 26.7 Å². The molecule has 11 heteroatoms. The van der Waals surface area contributed by atoms with Gasteiger partial charge < -0.3 is 5.73 Å². The molecule has 3 aromatic rings. The fourth-order valence-corrected chi connectivity index (χ4v) is 4.78. The maximum Gasteiger partial charge on any atom is 0.416 e. The highest BCUT2D eigenvalue weighted by Crippen LogP contribution is 2.31. The Morgan fingerprint density at radius 1 is 1.00 bits per heavy atom. The molecule has 0 saturated carbocycles. The van der Waals surface area contributed by atoms with Gasteiger partial charge in [-0.15, -0.1) is 4.40 Å².